The highest BCUT2D eigenvalue weighted by Crippen LogP contribution is 2.19. The molecule has 0 radical (unpaired) electrons. The van der Waals surface area contributed by atoms with Gasteiger partial charge >= 0.3 is 0 Å². The summed E-state index contributed by atoms with van der Waals surface area (Å²) in [7, 11) is 0. The summed E-state index contributed by atoms with van der Waals surface area (Å²) >= 11 is 3.37. The van der Waals surface area contributed by atoms with Crippen LogP contribution >= 0.6 is 15.9 Å². The average molecular weight is 298 g/mol. The Bertz CT molecular complexity index is 410. The highest BCUT2D eigenvalue weighted by atomic mass is 79.9. The Morgan fingerprint density at radius 2 is 2.41 bits per heavy atom. The zero-order valence-corrected chi connectivity index (χ0v) is 11.3. The second-order valence-electron chi connectivity index (χ2n) is 4.37. The SMILES string of the molecule is C=CCCC(=O)N1CC(Cn2cc(Br)cn2)C1. The van der Waals surface area contributed by atoms with Gasteiger partial charge < -0.3 is 4.90 Å². The first-order valence-electron chi connectivity index (χ1n) is 5.75. The van der Waals surface area contributed by atoms with Gasteiger partial charge in [0.05, 0.1) is 10.7 Å². The van der Waals surface area contributed by atoms with Crippen molar-refractivity contribution >= 4 is 21.8 Å². The summed E-state index contributed by atoms with van der Waals surface area (Å²) in [6.07, 6.45) is 6.89. The summed E-state index contributed by atoms with van der Waals surface area (Å²) in [5, 5.41) is 4.21. The third-order valence-electron chi connectivity index (χ3n) is 2.92. The van der Waals surface area contributed by atoms with Crippen LogP contribution in [0.3, 0.4) is 0 Å². The molecule has 1 aliphatic heterocycles. The van der Waals surface area contributed by atoms with Crippen LogP contribution in [-0.4, -0.2) is 33.7 Å². The standard InChI is InChI=1S/C12H16BrN3O/c1-2-3-4-12(17)15-6-10(7-15)8-16-9-11(13)5-14-16/h2,5,9-10H,1,3-4,6-8H2. The molecule has 1 amide bonds. The van der Waals surface area contributed by atoms with Crippen LogP contribution in [0.2, 0.25) is 0 Å². The van der Waals surface area contributed by atoms with Crippen LogP contribution in [0, 0.1) is 5.92 Å². The molecule has 1 aliphatic rings. The molecular weight excluding hydrogens is 282 g/mol. The Balaban J connectivity index is 1.72. The lowest BCUT2D eigenvalue weighted by Gasteiger charge is -2.39. The molecule has 5 heteroatoms. The summed E-state index contributed by atoms with van der Waals surface area (Å²) in [4.78, 5) is 13.5. The highest BCUT2D eigenvalue weighted by molar-refractivity contribution is 9.10. The monoisotopic (exact) mass is 297 g/mol. The molecule has 4 nitrogen and oxygen atoms in total. The van der Waals surface area contributed by atoms with Crippen molar-refractivity contribution in [2.45, 2.75) is 19.4 Å². The van der Waals surface area contributed by atoms with Gasteiger partial charge in [-0.1, -0.05) is 6.08 Å². The maximum absolute atomic E-state index is 11.6. The lowest BCUT2D eigenvalue weighted by molar-refractivity contribution is -0.137. The van der Waals surface area contributed by atoms with E-state index in [1.165, 1.54) is 0 Å². The van der Waals surface area contributed by atoms with E-state index in [0.29, 0.717) is 12.3 Å². The molecule has 0 bridgehead atoms. The normalized spacial score (nSPS) is 15.7. The van der Waals surface area contributed by atoms with Crippen molar-refractivity contribution < 1.29 is 4.79 Å². The molecule has 17 heavy (non-hydrogen) atoms. The molecule has 0 atom stereocenters. The summed E-state index contributed by atoms with van der Waals surface area (Å²) in [6.45, 7) is 6.22. The van der Waals surface area contributed by atoms with Crippen LogP contribution in [-0.2, 0) is 11.3 Å². The van der Waals surface area contributed by atoms with Crippen molar-refractivity contribution in [2.24, 2.45) is 5.92 Å². The lowest BCUT2D eigenvalue weighted by Crippen LogP contribution is -2.51. The van der Waals surface area contributed by atoms with Crippen molar-refractivity contribution in [3.63, 3.8) is 0 Å². The van der Waals surface area contributed by atoms with E-state index in [1.807, 2.05) is 15.8 Å². The number of likely N-dealkylation sites (tertiary alicyclic amines) is 1. The second-order valence-corrected chi connectivity index (χ2v) is 5.29. The molecular formula is C12H16BrN3O. The Kier molecular flexibility index (Phi) is 3.99. The van der Waals surface area contributed by atoms with Gasteiger partial charge in [0.25, 0.3) is 0 Å². The molecule has 0 aromatic carbocycles. The molecule has 2 heterocycles. The minimum Gasteiger partial charge on any atom is -0.342 e. The van der Waals surface area contributed by atoms with Crippen molar-refractivity contribution in [3.05, 3.63) is 29.5 Å². The van der Waals surface area contributed by atoms with E-state index in [4.69, 9.17) is 0 Å². The maximum atomic E-state index is 11.6. The lowest BCUT2D eigenvalue weighted by atomic mass is 9.99. The van der Waals surface area contributed by atoms with E-state index in [2.05, 4.69) is 27.6 Å². The molecule has 2 rings (SSSR count). The molecule has 0 aliphatic carbocycles. The van der Waals surface area contributed by atoms with E-state index in [1.54, 1.807) is 12.3 Å². The Morgan fingerprint density at radius 3 is 3.00 bits per heavy atom. The third kappa shape index (κ3) is 3.19. The Morgan fingerprint density at radius 1 is 1.65 bits per heavy atom. The van der Waals surface area contributed by atoms with Crippen molar-refractivity contribution in [3.8, 4) is 0 Å². The first-order chi connectivity index (χ1) is 8.19. The Hall–Kier alpha value is -1.10. The first kappa shape index (κ1) is 12.4. The van der Waals surface area contributed by atoms with Gasteiger partial charge in [-0.05, 0) is 22.4 Å². The molecule has 1 aromatic heterocycles. The molecule has 1 saturated heterocycles. The number of halogens is 1. The largest absolute Gasteiger partial charge is 0.342 e. The van der Waals surface area contributed by atoms with E-state index < -0.39 is 0 Å². The van der Waals surface area contributed by atoms with Crippen molar-refractivity contribution in [1.82, 2.24) is 14.7 Å². The molecule has 1 aromatic rings. The van der Waals surface area contributed by atoms with Crippen LogP contribution in [0.1, 0.15) is 12.8 Å². The quantitative estimate of drug-likeness (QED) is 0.781. The minimum atomic E-state index is 0.239. The number of amides is 1. The highest BCUT2D eigenvalue weighted by Gasteiger charge is 2.30. The van der Waals surface area contributed by atoms with E-state index in [-0.39, 0.29) is 5.91 Å². The number of nitrogens with zero attached hydrogens (tertiary/aromatic N) is 3. The third-order valence-corrected chi connectivity index (χ3v) is 3.33. The molecule has 92 valence electrons. The molecule has 0 saturated carbocycles. The van der Waals surface area contributed by atoms with Gasteiger partial charge in [-0.2, -0.15) is 5.10 Å². The topological polar surface area (TPSA) is 38.1 Å². The maximum Gasteiger partial charge on any atom is 0.222 e. The van der Waals surface area contributed by atoms with Crippen molar-refractivity contribution in [2.75, 3.05) is 13.1 Å². The zero-order valence-electron chi connectivity index (χ0n) is 9.68. The molecule has 0 N–H and O–H groups in total. The fourth-order valence-corrected chi connectivity index (χ4v) is 2.30. The van der Waals surface area contributed by atoms with Crippen LogP contribution in [0.25, 0.3) is 0 Å². The number of hydrogen-bond donors (Lipinski definition) is 0. The average Bonchev–Trinajstić information content (AvgIpc) is 2.65. The van der Waals surface area contributed by atoms with Gasteiger partial charge in [0.15, 0.2) is 0 Å². The number of allylic oxidation sites excluding steroid dienone is 1. The van der Waals surface area contributed by atoms with Crippen LogP contribution in [0.15, 0.2) is 29.5 Å². The predicted octanol–water partition coefficient (Wildman–Crippen LogP) is 2.07. The van der Waals surface area contributed by atoms with E-state index >= 15 is 0 Å². The van der Waals surface area contributed by atoms with Gasteiger partial charge in [-0.15, -0.1) is 6.58 Å². The fraction of sp³-hybridized carbons (Fsp3) is 0.500. The van der Waals surface area contributed by atoms with Gasteiger partial charge in [0, 0.05) is 38.2 Å². The van der Waals surface area contributed by atoms with Crippen LogP contribution in [0.5, 0.6) is 0 Å². The number of rotatable bonds is 5. The van der Waals surface area contributed by atoms with Crippen LogP contribution in [0.4, 0.5) is 0 Å². The molecule has 0 unspecified atom stereocenters. The number of carbonyl (C=O) groups excluding carboxylic acids is 1. The molecule has 1 fully saturated rings. The van der Waals surface area contributed by atoms with Gasteiger partial charge in [-0.25, -0.2) is 0 Å². The zero-order chi connectivity index (χ0) is 12.3. The molecule has 0 spiro atoms. The van der Waals surface area contributed by atoms with Gasteiger partial charge in [-0.3, -0.25) is 9.48 Å². The fourth-order valence-electron chi connectivity index (χ4n) is 1.98. The number of carbonyl (C=O) groups is 1. The summed E-state index contributed by atoms with van der Waals surface area (Å²) in [5.74, 6) is 0.775. The smallest absolute Gasteiger partial charge is 0.222 e. The Labute approximate surface area is 109 Å². The minimum absolute atomic E-state index is 0.239. The summed E-state index contributed by atoms with van der Waals surface area (Å²) < 4.78 is 2.91. The summed E-state index contributed by atoms with van der Waals surface area (Å²) in [6, 6.07) is 0. The van der Waals surface area contributed by atoms with E-state index in [9.17, 15) is 4.79 Å². The number of aromatic nitrogens is 2. The second kappa shape index (κ2) is 5.49. The van der Waals surface area contributed by atoms with Gasteiger partial charge in [0.1, 0.15) is 0 Å². The van der Waals surface area contributed by atoms with Gasteiger partial charge in [0.2, 0.25) is 5.91 Å². The summed E-state index contributed by atoms with van der Waals surface area (Å²) in [5.41, 5.74) is 0. The van der Waals surface area contributed by atoms with Crippen LogP contribution < -0.4 is 0 Å². The first-order valence-corrected chi connectivity index (χ1v) is 6.55. The van der Waals surface area contributed by atoms with Crippen molar-refractivity contribution in [1.29, 1.82) is 0 Å². The van der Waals surface area contributed by atoms with E-state index in [0.717, 1.165) is 30.5 Å². The predicted molar refractivity (Wildman–Crippen MR) is 69.4 cm³/mol. The number of hydrogen-bond acceptors (Lipinski definition) is 2.